The molecule has 2 fully saturated rings. The second-order valence-electron chi connectivity index (χ2n) is 4.59. The Balaban J connectivity index is 1.63. The summed E-state index contributed by atoms with van der Waals surface area (Å²) in [6.45, 7) is 6.48. The molecule has 2 aliphatic rings. The van der Waals surface area contributed by atoms with Crippen molar-refractivity contribution in [2.45, 2.75) is 18.6 Å². The molecule has 5 nitrogen and oxygen atoms in total. The normalized spacial score (nSPS) is 24.5. The zero-order valence-corrected chi connectivity index (χ0v) is 10.7. The largest absolute Gasteiger partial charge is 0.382 e. The lowest BCUT2D eigenvalue weighted by Gasteiger charge is -2.38. The number of hydrogen-bond donors (Lipinski definition) is 0. The van der Waals surface area contributed by atoms with Crippen molar-refractivity contribution >= 4 is 0 Å². The van der Waals surface area contributed by atoms with Gasteiger partial charge in [-0.25, -0.2) is 0 Å². The summed E-state index contributed by atoms with van der Waals surface area (Å²) < 4.78 is 21.9. The minimum Gasteiger partial charge on any atom is -0.382 e. The molecule has 1 spiro atoms. The minimum absolute atomic E-state index is 0.315. The van der Waals surface area contributed by atoms with E-state index in [0.29, 0.717) is 13.2 Å². The third-order valence-corrected chi connectivity index (χ3v) is 3.29. The lowest BCUT2D eigenvalue weighted by Crippen LogP contribution is -2.49. The first-order valence-corrected chi connectivity index (χ1v) is 6.42. The second kappa shape index (κ2) is 6.66. The Morgan fingerprint density at radius 1 is 1.18 bits per heavy atom. The van der Waals surface area contributed by atoms with E-state index >= 15 is 0 Å². The van der Waals surface area contributed by atoms with E-state index < -0.39 is 0 Å². The van der Waals surface area contributed by atoms with E-state index in [1.54, 1.807) is 7.11 Å². The molecule has 0 unspecified atom stereocenters. The molecule has 0 aromatic rings. The van der Waals surface area contributed by atoms with E-state index in [1.807, 2.05) is 0 Å². The fourth-order valence-electron chi connectivity index (χ4n) is 2.43. The van der Waals surface area contributed by atoms with Gasteiger partial charge in [-0.2, -0.15) is 0 Å². The predicted molar refractivity (Wildman–Crippen MR) is 63.0 cm³/mol. The monoisotopic (exact) mass is 245 g/mol. The molecule has 0 aliphatic carbocycles. The van der Waals surface area contributed by atoms with Crippen molar-refractivity contribution in [3.8, 4) is 0 Å². The maximum atomic E-state index is 5.73. The van der Waals surface area contributed by atoms with Crippen LogP contribution in [0.4, 0.5) is 0 Å². The quantitative estimate of drug-likeness (QED) is 0.637. The third kappa shape index (κ3) is 3.89. The van der Waals surface area contributed by atoms with Crippen LogP contribution in [0.15, 0.2) is 0 Å². The second-order valence-corrected chi connectivity index (χ2v) is 4.59. The standard InChI is InChI=1S/C12H23NO4/c1-14-7-8-15-6-5-13-4-2-3-12(11-13)16-9-10-17-12/h2-11H2,1H3. The fourth-order valence-corrected chi connectivity index (χ4v) is 2.43. The van der Waals surface area contributed by atoms with E-state index in [1.165, 1.54) is 0 Å². The molecule has 0 atom stereocenters. The molecular weight excluding hydrogens is 222 g/mol. The van der Waals surface area contributed by atoms with Gasteiger partial charge in [0.15, 0.2) is 5.79 Å². The molecule has 2 heterocycles. The highest BCUT2D eigenvalue weighted by Crippen LogP contribution is 2.29. The van der Waals surface area contributed by atoms with Crippen LogP contribution >= 0.6 is 0 Å². The Hall–Kier alpha value is -0.200. The smallest absolute Gasteiger partial charge is 0.181 e. The van der Waals surface area contributed by atoms with Gasteiger partial charge in [0.25, 0.3) is 0 Å². The van der Waals surface area contributed by atoms with Crippen LogP contribution in [-0.2, 0) is 18.9 Å². The van der Waals surface area contributed by atoms with E-state index in [9.17, 15) is 0 Å². The number of nitrogens with zero attached hydrogens (tertiary/aromatic N) is 1. The number of ether oxygens (including phenoxy) is 4. The summed E-state index contributed by atoms with van der Waals surface area (Å²) in [5.41, 5.74) is 0. The van der Waals surface area contributed by atoms with Gasteiger partial charge in [0.05, 0.1) is 39.6 Å². The van der Waals surface area contributed by atoms with Gasteiger partial charge >= 0.3 is 0 Å². The highest BCUT2D eigenvalue weighted by Gasteiger charge is 2.40. The molecule has 2 saturated heterocycles. The highest BCUT2D eigenvalue weighted by atomic mass is 16.7. The molecule has 0 aromatic heterocycles. The molecule has 17 heavy (non-hydrogen) atoms. The molecule has 100 valence electrons. The van der Waals surface area contributed by atoms with Crippen LogP contribution in [0.2, 0.25) is 0 Å². The van der Waals surface area contributed by atoms with Gasteiger partial charge in [0.1, 0.15) is 0 Å². The van der Waals surface area contributed by atoms with E-state index in [-0.39, 0.29) is 5.79 Å². The Labute approximate surface area is 103 Å². The molecule has 5 heteroatoms. The number of hydrogen-bond acceptors (Lipinski definition) is 5. The molecule has 0 bridgehead atoms. The van der Waals surface area contributed by atoms with Crippen molar-refractivity contribution in [3.05, 3.63) is 0 Å². The van der Waals surface area contributed by atoms with Crippen molar-refractivity contribution in [2.75, 3.05) is 59.8 Å². The van der Waals surface area contributed by atoms with Gasteiger partial charge in [0, 0.05) is 20.1 Å². The van der Waals surface area contributed by atoms with Crippen LogP contribution in [0.3, 0.4) is 0 Å². The van der Waals surface area contributed by atoms with Crippen LogP contribution < -0.4 is 0 Å². The van der Waals surface area contributed by atoms with Crippen LogP contribution in [0.25, 0.3) is 0 Å². The van der Waals surface area contributed by atoms with Crippen LogP contribution in [0.1, 0.15) is 12.8 Å². The van der Waals surface area contributed by atoms with Gasteiger partial charge in [-0.1, -0.05) is 0 Å². The van der Waals surface area contributed by atoms with Crippen molar-refractivity contribution in [2.24, 2.45) is 0 Å². The minimum atomic E-state index is -0.315. The first-order valence-electron chi connectivity index (χ1n) is 6.42. The van der Waals surface area contributed by atoms with Crippen molar-refractivity contribution < 1.29 is 18.9 Å². The van der Waals surface area contributed by atoms with E-state index in [4.69, 9.17) is 18.9 Å². The number of piperidine rings is 1. The first kappa shape index (κ1) is 13.2. The van der Waals surface area contributed by atoms with Gasteiger partial charge in [-0.15, -0.1) is 0 Å². The lowest BCUT2D eigenvalue weighted by molar-refractivity contribution is -0.190. The third-order valence-electron chi connectivity index (χ3n) is 3.29. The maximum Gasteiger partial charge on any atom is 0.181 e. The molecule has 0 radical (unpaired) electrons. The Kier molecular flexibility index (Phi) is 5.18. The Bertz CT molecular complexity index is 219. The van der Waals surface area contributed by atoms with Crippen molar-refractivity contribution in [3.63, 3.8) is 0 Å². The summed E-state index contributed by atoms with van der Waals surface area (Å²) in [6, 6.07) is 0. The molecule has 2 rings (SSSR count). The van der Waals surface area contributed by atoms with E-state index in [2.05, 4.69) is 4.90 Å². The number of methoxy groups -OCH3 is 1. The van der Waals surface area contributed by atoms with Crippen LogP contribution in [0, 0.1) is 0 Å². The maximum absolute atomic E-state index is 5.73. The topological polar surface area (TPSA) is 40.2 Å². The molecule has 0 aromatic carbocycles. The zero-order chi connectivity index (χ0) is 12.0. The van der Waals surface area contributed by atoms with Crippen LogP contribution in [0.5, 0.6) is 0 Å². The summed E-state index contributed by atoms with van der Waals surface area (Å²) in [6.07, 6.45) is 2.16. The summed E-state index contributed by atoms with van der Waals surface area (Å²) in [7, 11) is 1.69. The van der Waals surface area contributed by atoms with Crippen molar-refractivity contribution in [1.29, 1.82) is 0 Å². The summed E-state index contributed by atoms with van der Waals surface area (Å²) in [5, 5.41) is 0. The molecular formula is C12H23NO4. The van der Waals surface area contributed by atoms with E-state index in [0.717, 1.165) is 52.3 Å². The highest BCUT2D eigenvalue weighted by molar-refractivity contribution is 4.83. The van der Waals surface area contributed by atoms with Gasteiger partial charge in [-0.05, 0) is 13.0 Å². The molecule has 0 amide bonds. The lowest BCUT2D eigenvalue weighted by atomic mass is 10.0. The molecule has 0 N–H and O–H groups in total. The Morgan fingerprint density at radius 3 is 2.76 bits per heavy atom. The predicted octanol–water partition coefficient (Wildman–Crippen LogP) is 0.488. The van der Waals surface area contributed by atoms with Gasteiger partial charge < -0.3 is 18.9 Å². The Morgan fingerprint density at radius 2 is 2.00 bits per heavy atom. The fraction of sp³-hybridized carbons (Fsp3) is 1.00. The van der Waals surface area contributed by atoms with Gasteiger partial charge in [-0.3, -0.25) is 4.90 Å². The van der Waals surface area contributed by atoms with Crippen LogP contribution in [-0.4, -0.2) is 70.5 Å². The van der Waals surface area contributed by atoms with Crippen molar-refractivity contribution in [1.82, 2.24) is 4.90 Å². The average Bonchev–Trinajstić information content (AvgIpc) is 2.77. The summed E-state index contributed by atoms with van der Waals surface area (Å²) >= 11 is 0. The number of rotatable bonds is 6. The van der Waals surface area contributed by atoms with Gasteiger partial charge in [0.2, 0.25) is 0 Å². The summed E-state index contributed by atoms with van der Waals surface area (Å²) in [4.78, 5) is 2.36. The number of likely N-dealkylation sites (tertiary alicyclic amines) is 1. The average molecular weight is 245 g/mol. The first-order chi connectivity index (χ1) is 8.35. The SMILES string of the molecule is COCCOCCN1CCCC2(C1)OCCO2. The zero-order valence-electron chi connectivity index (χ0n) is 10.7. The molecule has 2 aliphatic heterocycles. The summed E-state index contributed by atoms with van der Waals surface area (Å²) in [5.74, 6) is -0.315. The molecule has 0 saturated carbocycles.